The summed E-state index contributed by atoms with van der Waals surface area (Å²) in [5.41, 5.74) is 0.356. The van der Waals surface area contributed by atoms with Crippen LogP contribution < -0.4 is 0 Å². The van der Waals surface area contributed by atoms with Crippen LogP contribution in [-0.4, -0.2) is 17.5 Å². The van der Waals surface area contributed by atoms with Crippen molar-refractivity contribution in [2.45, 2.75) is 17.2 Å². The molecule has 0 aromatic heterocycles. The van der Waals surface area contributed by atoms with Gasteiger partial charge in [-0.1, -0.05) is 18.1 Å². The number of benzene rings is 1. The molecule has 1 nitrogen and oxygen atoms in total. The third-order valence-corrected chi connectivity index (χ3v) is 2.53. The quantitative estimate of drug-likeness (QED) is 0.639. The molecule has 1 aromatic rings. The maximum absolute atomic E-state index is 11.8. The van der Waals surface area contributed by atoms with E-state index in [1.165, 1.54) is 11.8 Å². The van der Waals surface area contributed by atoms with Crippen LogP contribution in [-0.2, 0) is 0 Å². The number of hydrogen-bond acceptors (Lipinski definition) is 2. The van der Waals surface area contributed by atoms with Gasteiger partial charge in [0.15, 0.2) is 0 Å². The Balaban J connectivity index is 2.79. The number of aliphatic hydroxyl groups excluding tert-OH is 1. The number of rotatable bonds is 2. The fourth-order valence-corrected chi connectivity index (χ4v) is 1.43. The van der Waals surface area contributed by atoms with Crippen LogP contribution in [0.5, 0.6) is 0 Å². The monoisotopic (exact) mass is 246 g/mol. The first kappa shape index (κ1) is 12.9. The highest BCUT2D eigenvalue weighted by Gasteiger charge is 2.23. The Morgan fingerprint density at radius 2 is 1.81 bits per heavy atom. The Morgan fingerprint density at radius 3 is 2.25 bits per heavy atom. The summed E-state index contributed by atoms with van der Waals surface area (Å²) < 4.78 is 35.3. The minimum absolute atomic E-state index is 0.356. The third-order valence-electron chi connectivity index (χ3n) is 1.78. The van der Waals surface area contributed by atoms with E-state index < -0.39 is 12.3 Å². The highest BCUT2D eigenvalue weighted by Crippen LogP contribution is 2.19. The molecule has 0 aliphatic heterocycles. The topological polar surface area (TPSA) is 20.2 Å². The Labute approximate surface area is 95.7 Å². The lowest BCUT2D eigenvalue weighted by molar-refractivity contribution is -0.0700. The van der Waals surface area contributed by atoms with Crippen molar-refractivity contribution in [3.8, 4) is 11.8 Å². The van der Waals surface area contributed by atoms with Crippen LogP contribution in [0, 0.1) is 11.8 Å². The first-order valence-electron chi connectivity index (χ1n) is 4.34. The lowest BCUT2D eigenvalue weighted by Gasteiger charge is -2.04. The summed E-state index contributed by atoms with van der Waals surface area (Å²) >= 11 is 1.51. The highest BCUT2D eigenvalue weighted by molar-refractivity contribution is 7.98. The van der Waals surface area contributed by atoms with Gasteiger partial charge in [-0.2, -0.15) is 13.2 Å². The molecule has 5 heteroatoms. The molecular formula is C11H9F3OS. The molecule has 1 atom stereocenters. The van der Waals surface area contributed by atoms with Gasteiger partial charge in [0, 0.05) is 10.8 Å². The Kier molecular flexibility index (Phi) is 4.27. The maximum Gasteiger partial charge on any atom is 0.457 e. The molecule has 0 saturated heterocycles. The van der Waals surface area contributed by atoms with E-state index in [0.717, 1.165) is 10.8 Å². The largest absolute Gasteiger partial charge is 0.457 e. The number of alkyl halides is 3. The van der Waals surface area contributed by atoms with Crippen LogP contribution >= 0.6 is 11.8 Å². The van der Waals surface area contributed by atoms with Gasteiger partial charge in [-0.3, -0.25) is 0 Å². The van der Waals surface area contributed by atoms with Crippen LogP contribution in [0.3, 0.4) is 0 Å². The predicted molar refractivity (Wildman–Crippen MR) is 57.0 cm³/mol. The second kappa shape index (κ2) is 5.28. The van der Waals surface area contributed by atoms with Crippen molar-refractivity contribution in [3.63, 3.8) is 0 Å². The van der Waals surface area contributed by atoms with Crippen molar-refractivity contribution in [2.24, 2.45) is 0 Å². The van der Waals surface area contributed by atoms with Crippen molar-refractivity contribution in [2.75, 3.05) is 6.26 Å². The van der Waals surface area contributed by atoms with E-state index in [9.17, 15) is 18.3 Å². The molecule has 16 heavy (non-hydrogen) atoms. The van der Waals surface area contributed by atoms with Gasteiger partial charge in [-0.15, -0.1) is 11.8 Å². The van der Waals surface area contributed by atoms with E-state index >= 15 is 0 Å². The molecule has 0 aliphatic rings. The smallest absolute Gasteiger partial charge is 0.376 e. The molecular weight excluding hydrogens is 237 g/mol. The molecule has 1 aromatic carbocycles. The average Bonchev–Trinajstić information content (AvgIpc) is 2.25. The molecule has 1 rings (SSSR count). The normalized spacial score (nSPS) is 12.8. The molecule has 1 N–H and O–H groups in total. The van der Waals surface area contributed by atoms with Gasteiger partial charge in [0.05, 0.1) is 0 Å². The lowest BCUT2D eigenvalue weighted by Crippen LogP contribution is -2.03. The summed E-state index contributed by atoms with van der Waals surface area (Å²) in [6.07, 6.45) is -4.09. The molecule has 0 radical (unpaired) electrons. The molecule has 0 amide bonds. The lowest BCUT2D eigenvalue weighted by atomic mass is 10.1. The second-order valence-corrected chi connectivity index (χ2v) is 3.82. The van der Waals surface area contributed by atoms with Crippen LogP contribution in [0.15, 0.2) is 29.2 Å². The van der Waals surface area contributed by atoms with E-state index in [4.69, 9.17) is 0 Å². The number of aliphatic hydroxyl groups is 1. The van der Waals surface area contributed by atoms with Crippen LogP contribution in [0.4, 0.5) is 13.2 Å². The van der Waals surface area contributed by atoms with Crippen LogP contribution in [0.1, 0.15) is 11.7 Å². The molecule has 0 saturated carbocycles. The maximum atomic E-state index is 11.8. The summed E-state index contributed by atoms with van der Waals surface area (Å²) in [4.78, 5) is 0.972. The van der Waals surface area contributed by atoms with Gasteiger partial charge in [-0.25, -0.2) is 0 Å². The fraction of sp³-hybridized carbons (Fsp3) is 0.273. The van der Waals surface area contributed by atoms with Crippen molar-refractivity contribution < 1.29 is 18.3 Å². The van der Waals surface area contributed by atoms with Crippen molar-refractivity contribution in [1.29, 1.82) is 0 Å². The Hall–Kier alpha value is -1.12. The van der Waals surface area contributed by atoms with Gasteiger partial charge >= 0.3 is 6.18 Å². The van der Waals surface area contributed by atoms with E-state index in [2.05, 4.69) is 0 Å². The van der Waals surface area contributed by atoms with Crippen molar-refractivity contribution >= 4 is 11.8 Å². The van der Waals surface area contributed by atoms with E-state index in [-0.39, 0.29) is 0 Å². The average molecular weight is 246 g/mol. The molecule has 0 heterocycles. The van der Waals surface area contributed by atoms with Crippen molar-refractivity contribution in [3.05, 3.63) is 29.8 Å². The van der Waals surface area contributed by atoms with E-state index in [1.807, 2.05) is 6.26 Å². The van der Waals surface area contributed by atoms with Gasteiger partial charge in [-0.05, 0) is 24.0 Å². The zero-order chi connectivity index (χ0) is 12.2. The van der Waals surface area contributed by atoms with Gasteiger partial charge < -0.3 is 5.11 Å². The number of thioether (sulfide) groups is 1. The molecule has 0 aliphatic carbocycles. The first-order chi connectivity index (χ1) is 7.42. The van der Waals surface area contributed by atoms with Gasteiger partial charge in [0.2, 0.25) is 0 Å². The zero-order valence-corrected chi connectivity index (χ0v) is 9.19. The summed E-state index contributed by atoms with van der Waals surface area (Å²) in [5, 5.41) is 9.37. The van der Waals surface area contributed by atoms with Crippen LogP contribution in [0.25, 0.3) is 0 Å². The summed E-state index contributed by atoms with van der Waals surface area (Å²) in [6, 6.07) is 6.56. The van der Waals surface area contributed by atoms with E-state index in [0.29, 0.717) is 5.56 Å². The summed E-state index contributed by atoms with van der Waals surface area (Å²) in [7, 11) is 0. The third kappa shape index (κ3) is 4.17. The fourth-order valence-electron chi connectivity index (χ4n) is 1.02. The van der Waals surface area contributed by atoms with Crippen LogP contribution in [0.2, 0.25) is 0 Å². The summed E-state index contributed by atoms with van der Waals surface area (Å²) in [5.74, 6) is 2.79. The predicted octanol–water partition coefficient (Wildman–Crippen LogP) is 3.01. The molecule has 0 bridgehead atoms. The second-order valence-electron chi connectivity index (χ2n) is 2.94. The Morgan fingerprint density at radius 1 is 1.25 bits per heavy atom. The molecule has 0 spiro atoms. The minimum atomic E-state index is -4.57. The minimum Gasteiger partial charge on any atom is -0.376 e. The van der Waals surface area contributed by atoms with Gasteiger partial charge in [0.1, 0.15) is 6.10 Å². The Bertz CT molecular complexity index is 400. The zero-order valence-electron chi connectivity index (χ0n) is 8.38. The number of hydrogen-bond donors (Lipinski definition) is 1. The molecule has 0 fully saturated rings. The van der Waals surface area contributed by atoms with Crippen molar-refractivity contribution in [1.82, 2.24) is 0 Å². The summed E-state index contributed by atoms with van der Waals surface area (Å²) in [6.45, 7) is 0. The van der Waals surface area contributed by atoms with Gasteiger partial charge in [0.25, 0.3) is 0 Å². The SMILES string of the molecule is CSc1ccc(C(O)C#CC(F)(F)F)cc1. The molecule has 86 valence electrons. The molecule has 1 unspecified atom stereocenters. The standard InChI is InChI=1S/C11H9F3OS/c1-16-9-4-2-8(3-5-9)10(15)6-7-11(12,13)14/h2-5,10,15H,1H3. The number of halogens is 3. The highest BCUT2D eigenvalue weighted by atomic mass is 32.2. The van der Waals surface area contributed by atoms with E-state index in [1.54, 1.807) is 30.2 Å². The first-order valence-corrected chi connectivity index (χ1v) is 5.56.